The molecule has 2 rings (SSSR count). The van der Waals surface area contributed by atoms with E-state index in [1.165, 1.54) is 128 Å². The standard InChI is InChI=1S/C69H119NO13/c1-3-5-7-9-11-13-15-17-18-19-20-21-22-23-24-25-26-27-28-29-30-31-32-33-34-35-36-37-38-39-40-41-43-45-47-49-51-53-61(74)70-57(58(73)52-50-48-46-44-42-16-14-12-10-8-6-4-2)56-80-68-66(79)64(77)67(60(55-72)82-68)83-69-65(78)63(76)62(75)59(54-71)81-69/h5,7,10-13,17-18,20-21,23-24,42,44,50,52,57-60,62-69,71-73,75-79H,3-4,6,8-9,14-16,19,22,25-41,43,45-49,51,53-56H2,1-2H3,(H,70,74)/b7-5-,12-10+,13-11-,18-17-,21-20-,24-23-,44-42+,52-50+. The normalized spacial score (nSPS) is 24.5. The SMILES string of the molecule is CC/C=C\C/C=C\C/C=C\C/C=C\C/C=C\CCCCCCCCCCCCCCCCCCCCCCCC(=O)NC(COC1OC(CO)C(OC2OC(CO)C(O)C(O)C2O)C(O)C1O)C(O)/C=C/CC/C=C/CC/C=C/CCCC. The quantitative estimate of drug-likeness (QED) is 0.0204. The molecular weight excluding hydrogens is 1050 g/mol. The summed E-state index contributed by atoms with van der Waals surface area (Å²) in [5.74, 6) is -0.255. The summed E-state index contributed by atoms with van der Waals surface area (Å²) in [6.45, 7) is 2.60. The first-order chi connectivity index (χ1) is 40.6. The zero-order valence-electron chi connectivity index (χ0n) is 51.7. The number of aliphatic hydroxyl groups excluding tert-OH is 8. The summed E-state index contributed by atoms with van der Waals surface area (Å²) in [5, 5.41) is 87.0. The fourth-order valence-electron chi connectivity index (χ4n) is 10.2. The van der Waals surface area contributed by atoms with Crippen molar-refractivity contribution in [2.45, 2.75) is 312 Å². The van der Waals surface area contributed by atoms with Crippen LogP contribution in [-0.4, -0.2) is 140 Å². The molecule has 2 aliphatic rings. The van der Waals surface area contributed by atoms with Crippen LogP contribution in [0.25, 0.3) is 0 Å². The van der Waals surface area contributed by atoms with Crippen molar-refractivity contribution < 1.29 is 64.6 Å². The van der Waals surface area contributed by atoms with Crippen molar-refractivity contribution in [3.05, 3.63) is 97.2 Å². The predicted octanol–water partition coefficient (Wildman–Crippen LogP) is 12.6. The van der Waals surface area contributed by atoms with Crippen LogP contribution in [0.5, 0.6) is 0 Å². The lowest BCUT2D eigenvalue weighted by Crippen LogP contribution is -2.65. The van der Waals surface area contributed by atoms with E-state index in [0.717, 1.165) is 77.0 Å². The highest BCUT2D eigenvalue weighted by Crippen LogP contribution is 2.30. The van der Waals surface area contributed by atoms with Crippen LogP contribution in [0.3, 0.4) is 0 Å². The van der Waals surface area contributed by atoms with Crippen LogP contribution in [0.4, 0.5) is 0 Å². The largest absolute Gasteiger partial charge is 0.394 e. The van der Waals surface area contributed by atoms with Gasteiger partial charge in [-0.3, -0.25) is 4.79 Å². The third-order valence-corrected chi connectivity index (χ3v) is 15.5. The first-order valence-corrected chi connectivity index (χ1v) is 33.0. The van der Waals surface area contributed by atoms with Gasteiger partial charge in [-0.1, -0.05) is 246 Å². The third-order valence-electron chi connectivity index (χ3n) is 15.5. The van der Waals surface area contributed by atoms with Crippen molar-refractivity contribution in [2.75, 3.05) is 19.8 Å². The predicted molar refractivity (Wildman–Crippen MR) is 336 cm³/mol. The van der Waals surface area contributed by atoms with Crippen LogP contribution in [0.15, 0.2) is 97.2 Å². The van der Waals surface area contributed by atoms with Gasteiger partial charge in [0.25, 0.3) is 0 Å². The summed E-state index contributed by atoms with van der Waals surface area (Å²) < 4.78 is 22.7. The van der Waals surface area contributed by atoms with Crippen molar-refractivity contribution in [1.29, 1.82) is 0 Å². The summed E-state index contributed by atoms with van der Waals surface area (Å²) in [6, 6.07) is -0.940. The molecule has 478 valence electrons. The molecule has 2 fully saturated rings. The van der Waals surface area contributed by atoms with Crippen LogP contribution in [0.1, 0.15) is 239 Å². The van der Waals surface area contributed by atoms with Gasteiger partial charge in [-0.15, -0.1) is 0 Å². The Hall–Kier alpha value is -3.09. The van der Waals surface area contributed by atoms with Gasteiger partial charge in [0.05, 0.1) is 32.0 Å². The van der Waals surface area contributed by atoms with E-state index < -0.39 is 86.8 Å². The minimum atomic E-state index is -1.79. The van der Waals surface area contributed by atoms with Crippen molar-refractivity contribution >= 4 is 5.91 Å². The van der Waals surface area contributed by atoms with Gasteiger partial charge in [-0.25, -0.2) is 0 Å². The Bertz CT molecular complexity index is 1760. The fourth-order valence-corrected chi connectivity index (χ4v) is 10.2. The van der Waals surface area contributed by atoms with E-state index in [0.29, 0.717) is 12.8 Å². The Morgan fingerprint density at radius 1 is 0.446 bits per heavy atom. The minimum absolute atomic E-state index is 0.255. The Morgan fingerprint density at radius 3 is 1.33 bits per heavy atom. The molecule has 0 aromatic rings. The first-order valence-electron chi connectivity index (χ1n) is 33.0. The number of allylic oxidation sites excluding steroid dienone is 15. The molecule has 1 amide bonds. The van der Waals surface area contributed by atoms with Gasteiger partial charge in [0.2, 0.25) is 5.91 Å². The van der Waals surface area contributed by atoms with E-state index in [9.17, 15) is 45.6 Å². The minimum Gasteiger partial charge on any atom is -0.394 e. The molecule has 0 radical (unpaired) electrons. The maximum atomic E-state index is 13.3. The van der Waals surface area contributed by atoms with E-state index in [2.05, 4.69) is 104 Å². The number of carbonyl (C=O) groups excluding carboxylic acids is 1. The summed E-state index contributed by atoms with van der Waals surface area (Å²) in [6.07, 6.45) is 57.7. The zero-order valence-corrected chi connectivity index (χ0v) is 51.7. The number of amides is 1. The molecule has 0 bridgehead atoms. The third kappa shape index (κ3) is 37.9. The molecule has 12 unspecified atom stereocenters. The van der Waals surface area contributed by atoms with Crippen LogP contribution in [0, 0.1) is 0 Å². The number of hydrogen-bond donors (Lipinski definition) is 9. The summed E-state index contributed by atoms with van der Waals surface area (Å²) in [5.41, 5.74) is 0. The lowest BCUT2D eigenvalue weighted by atomic mass is 9.97. The van der Waals surface area contributed by atoms with E-state index in [1.54, 1.807) is 6.08 Å². The van der Waals surface area contributed by atoms with Gasteiger partial charge in [0.15, 0.2) is 12.6 Å². The lowest BCUT2D eigenvalue weighted by molar-refractivity contribution is -0.359. The highest BCUT2D eigenvalue weighted by atomic mass is 16.7. The molecule has 0 saturated carbocycles. The van der Waals surface area contributed by atoms with Crippen molar-refractivity contribution in [3.63, 3.8) is 0 Å². The Kier molecular flexibility index (Phi) is 48.7. The van der Waals surface area contributed by atoms with Gasteiger partial charge >= 0.3 is 0 Å². The highest BCUT2D eigenvalue weighted by molar-refractivity contribution is 5.76. The Balaban J connectivity index is 1.59. The summed E-state index contributed by atoms with van der Waals surface area (Å²) in [4.78, 5) is 13.3. The first kappa shape index (κ1) is 76.0. The Morgan fingerprint density at radius 2 is 0.843 bits per heavy atom. The van der Waals surface area contributed by atoms with Gasteiger partial charge in [-0.05, 0) is 83.5 Å². The second-order valence-corrected chi connectivity index (χ2v) is 22.8. The number of carbonyl (C=O) groups is 1. The van der Waals surface area contributed by atoms with Crippen molar-refractivity contribution in [3.8, 4) is 0 Å². The number of rotatable bonds is 52. The number of ether oxygens (including phenoxy) is 4. The molecule has 9 N–H and O–H groups in total. The van der Waals surface area contributed by atoms with Gasteiger partial charge in [0.1, 0.15) is 48.8 Å². The number of nitrogens with one attached hydrogen (secondary N) is 1. The molecule has 2 saturated heterocycles. The molecule has 12 atom stereocenters. The maximum absolute atomic E-state index is 13.3. The van der Waals surface area contributed by atoms with E-state index in [4.69, 9.17) is 18.9 Å². The van der Waals surface area contributed by atoms with Crippen LogP contribution >= 0.6 is 0 Å². The van der Waals surface area contributed by atoms with Gasteiger partial charge in [-0.2, -0.15) is 0 Å². The molecule has 14 nitrogen and oxygen atoms in total. The van der Waals surface area contributed by atoms with Crippen molar-refractivity contribution in [1.82, 2.24) is 5.32 Å². The number of aliphatic hydroxyl groups is 8. The fraction of sp³-hybridized carbons (Fsp3) is 0.754. The molecule has 2 aliphatic heterocycles. The second kappa shape index (κ2) is 53.2. The van der Waals surface area contributed by atoms with Crippen LogP contribution in [0.2, 0.25) is 0 Å². The van der Waals surface area contributed by atoms with Crippen LogP contribution < -0.4 is 5.32 Å². The molecular formula is C69H119NO13. The van der Waals surface area contributed by atoms with E-state index in [1.807, 2.05) is 6.08 Å². The average Bonchev–Trinajstić information content (AvgIpc) is 3.58. The highest BCUT2D eigenvalue weighted by Gasteiger charge is 2.51. The smallest absolute Gasteiger partial charge is 0.220 e. The second-order valence-electron chi connectivity index (χ2n) is 22.8. The maximum Gasteiger partial charge on any atom is 0.220 e. The van der Waals surface area contributed by atoms with Gasteiger partial charge in [0, 0.05) is 6.42 Å². The molecule has 0 aromatic heterocycles. The van der Waals surface area contributed by atoms with Crippen molar-refractivity contribution in [2.24, 2.45) is 0 Å². The molecule has 14 heteroatoms. The summed E-state index contributed by atoms with van der Waals surface area (Å²) in [7, 11) is 0. The monoisotopic (exact) mass is 1170 g/mol. The molecule has 0 aliphatic carbocycles. The van der Waals surface area contributed by atoms with Crippen LogP contribution in [-0.2, 0) is 23.7 Å². The van der Waals surface area contributed by atoms with Gasteiger partial charge < -0.3 is 65.1 Å². The molecule has 83 heavy (non-hydrogen) atoms. The average molecular weight is 1170 g/mol. The number of unbranched alkanes of at least 4 members (excludes halogenated alkanes) is 25. The topological polar surface area (TPSA) is 228 Å². The van der Waals surface area contributed by atoms with E-state index >= 15 is 0 Å². The number of hydrogen-bond acceptors (Lipinski definition) is 13. The molecule has 0 spiro atoms. The van der Waals surface area contributed by atoms with E-state index in [-0.39, 0.29) is 18.9 Å². The molecule has 0 aromatic carbocycles. The molecule has 2 heterocycles. The zero-order chi connectivity index (χ0) is 60.2. The Labute approximate surface area is 503 Å². The summed E-state index contributed by atoms with van der Waals surface area (Å²) >= 11 is 0. The lowest BCUT2D eigenvalue weighted by Gasteiger charge is -2.46.